The topological polar surface area (TPSA) is 60.0 Å². The minimum Gasteiger partial charge on any atom is -0.375 e. The number of halogens is 1. The van der Waals surface area contributed by atoms with E-state index in [1.54, 1.807) is 6.20 Å². The van der Waals surface area contributed by atoms with Crippen molar-refractivity contribution in [2.45, 2.75) is 19.1 Å². The van der Waals surface area contributed by atoms with Crippen LogP contribution in [0.5, 0.6) is 0 Å². The summed E-state index contributed by atoms with van der Waals surface area (Å²) in [4.78, 5) is 7.50. The van der Waals surface area contributed by atoms with Crippen molar-refractivity contribution < 1.29 is 9.13 Å². The Bertz CT molecular complexity index is 482. The van der Waals surface area contributed by atoms with E-state index in [0.717, 1.165) is 16.7 Å². The van der Waals surface area contributed by atoms with Crippen LogP contribution in [-0.2, 0) is 4.74 Å². The van der Waals surface area contributed by atoms with Crippen LogP contribution in [0.4, 0.5) is 4.39 Å². The number of methoxy groups -OCH3 is 1. The number of benzene rings is 1. The maximum Gasteiger partial charge on any atom is 0.114 e. The summed E-state index contributed by atoms with van der Waals surface area (Å²) in [5.41, 5.74) is 8.54. The fourth-order valence-corrected chi connectivity index (χ4v) is 1.84. The van der Waals surface area contributed by atoms with Gasteiger partial charge in [-0.3, -0.25) is 4.99 Å². The third-order valence-corrected chi connectivity index (χ3v) is 2.93. The van der Waals surface area contributed by atoms with Gasteiger partial charge >= 0.3 is 0 Å². The highest BCUT2D eigenvalue weighted by Gasteiger charge is 2.19. The lowest BCUT2D eigenvalue weighted by atomic mass is 10.00. The molecule has 5 heteroatoms. The van der Waals surface area contributed by atoms with Gasteiger partial charge in [0.25, 0.3) is 0 Å². The van der Waals surface area contributed by atoms with E-state index in [1.165, 1.54) is 13.4 Å². The molecular weight excluding hydrogens is 257 g/mol. The van der Waals surface area contributed by atoms with Gasteiger partial charge in [0, 0.05) is 13.3 Å². The standard InChI is InChI=1S/C15H20FN3O/c1-11(9-19-10-18-2)12-4-6-13(7-5-12)15(20-3)14(17)8-16/h4-7,9-10,14-15H,2,8,17H2,1,3H3/b11-9+,19-10-. The van der Waals surface area contributed by atoms with Crippen molar-refractivity contribution in [3.8, 4) is 0 Å². The molecule has 108 valence electrons. The molecule has 0 amide bonds. The van der Waals surface area contributed by atoms with Crippen molar-refractivity contribution in [2.24, 2.45) is 15.7 Å². The number of hydrogen-bond acceptors (Lipinski definition) is 3. The molecule has 0 spiro atoms. The Morgan fingerprint density at radius 2 is 2.10 bits per heavy atom. The van der Waals surface area contributed by atoms with Gasteiger partial charge in [-0.15, -0.1) is 0 Å². The summed E-state index contributed by atoms with van der Waals surface area (Å²) in [6, 6.07) is 6.95. The van der Waals surface area contributed by atoms with Crippen molar-refractivity contribution in [1.82, 2.24) is 0 Å². The quantitative estimate of drug-likeness (QED) is 0.615. The third kappa shape index (κ3) is 4.36. The van der Waals surface area contributed by atoms with Gasteiger partial charge in [0.15, 0.2) is 0 Å². The molecule has 0 aliphatic rings. The molecule has 20 heavy (non-hydrogen) atoms. The van der Waals surface area contributed by atoms with Crippen LogP contribution in [-0.4, -0.2) is 32.9 Å². The maximum absolute atomic E-state index is 12.6. The molecular formula is C15H20FN3O. The van der Waals surface area contributed by atoms with Crippen molar-refractivity contribution in [3.63, 3.8) is 0 Å². The Morgan fingerprint density at radius 1 is 1.45 bits per heavy atom. The highest BCUT2D eigenvalue weighted by molar-refractivity contribution is 5.68. The molecule has 0 saturated carbocycles. The average molecular weight is 277 g/mol. The van der Waals surface area contributed by atoms with Gasteiger partial charge in [-0.1, -0.05) is 24.3 Å². The van der Waals surface area contributed by atoms with Gasteiger partial charge in [-0.25, -0.2) is 9.38 Å². The lowest BCUT2D eigenvalue weighted by Crippen LogP contribution is -2.31. The van der Waals surface area contributed by atoms with Crippen molar-refractivity contribution >= 4 is 18.6 Å². The maximum atomic E-state index is 12.6. The zero-order valence-corrected chi connectivity index (χ0v) is 11.8. The predicted molar refractivity (Wildman–Crippen MR) is 81.8 cm³/mol. The molecule has 2 N–H and O–H groups in total. The molecule has 1 aromatic rings. The Balaban J connectivity index is 2.90. The SMILES string of the molecule is C=N/C=N\C=C(/C)c1ccc(C(OC)C(N)CF)cc1. The summed E-state index contributed by atoms with van der Waals surface area (Å²) < 4.78 is 17.9. The van der Waals surface area contributed by atoms with Crippen LogP contribution in [0.2, 0.25) is 0 Å². The first-order chi connectivity index (χ1) is 9.63. The minimum absolute atomic E-state index is 0.443. The lowest BCUT2D eigenvalue weighted by Gasteiger charge is -2.20. The summed E-state index contributed by atoms with van der Waals surface area (Å²) in [5.74, 6) is 0. The number of nitrogens with zero attached hydrogens (tertiary/aromatic N) is 2. The molecule has 0 saturated heterocycles. The van der Waals surface area contributed by atoms with E-state index >= 15 is 0 Å². The van der Waals surface area contributed by atoms with Crippen LogP contribution in [0, 0.1) is 0 Å². The normalized spacial score (nSPS) is 15.3. The van der Waals surface area contributed by atoms with Gasteiger partial charge in [0.1, 0.15) is 13.0 Å². The molecule has 0 fully saturated rings. The number of ether oxygens (including phenoxy) is 1. The first-order valence-electron chi connectivity index (χ1n) is 6.23. The molecule has 2 unspecified atom stereocenters. The van der Waals surface area contributed by atoms with E-state index in [4.69, 9.17) is 10.5 Å². The second kappa shape index (κ2) is 8.35. The Labute approximate surface area is 118 Å². The molecule has 0 radical (unpaired) electrons. The van der Waals surface area contributed by atoms with Crippen molar-refractivity contribution in [1.29, 1.82) is 0 Å². The van der Waals surface area contributed by atoms with Gasteiger partial charge in [0.2, 0.25) is 0 Å². The van der Waals surface area contributed by atoms with Gasteiger partial charge in [0.05, 0.1) is 12.1 Å². The number of alkyl halides is 1. The predicted octanol–water partition coefficient (Wildman–Crippen LogP) is 2.76. The molecule has 1 rings (SSSR count). The third-order valence-electron chi connectivity index (χ3n) is 2.93. The van der Waals surface area contributed by atoms with Crippen molar-refractivity contribution in [2.75, 3.05) is 13.8 Å². The van der Waals surface area contributed by atoms with E-state index < -0.39 is 18.8 Å². The Hall–Kier alpha value is -1.85. The fourth-order valence-electron chi connectivity index (χ4n) is 1.84. The summed E-state index contributed by atoms with van der Waals surface area (Å²) in [5, 5.41) is 0. The number of allylic oxidation sites excluding steroid dienone is 1. The van der Waals surface area contributed by atoms with Crippen LogP contribution in [0.25, 0.3) is 5.57 Å². The van der Waals surface area contributed by atoms with E-state index in [1.807, 2.05) is 31.2 Å². The molecule has 4 nitrogen and oxygen atoms in total. The van der Waals surface area contributed by atoms with E-state index in [-0.39, 0.29) is 0 Å². The summed E-state index contributed by atoms with van der Waals surface area (Å²) in [7, 11) is 1.52. The van der Waals surface area contributed by atoms with Crippen LogP contribution in [0.15, 0.2) is 40.5 Å². The van der Waals surface area contributed by atoms with Crippen LogP contribution >= 0.6 is 0 Å². The summed E-state index contributed by atoms with van der Waals surface area (Å²) >= 11 is 0. The van der Waals surface area contributed by atoms with Crippen LogP contribution in [0.3, 0.4) is 0 Å². The zero-order valence-electron chi connectivity index (χ0n) is 11.8. The smallest absolute Gasteiger partial charge is 0.114 e. The molecule has 2 atom stereocenters. The molecule has 1 aromatic carbocycles. The number of nitrogens with two attached hydrogens (primary N) is 1. The average Bonchev–Trinajstić information content (AvgIpc) is 2.48. The van der Waals surface area contributed by atoms with Crippen LogP contribution in [0.1, 0.15) is 24.2 Å². The number of hydrogen-bond donors (Lipinski definition) is 1. The van der Waals surface area contributed by atoms with Gasteiger partial charge < -0.3 is 10.5 Å². The second-order valence-electron chi connectivity index (χ2n) is 4.36. The Kier molecular flexibility index (Phi) is 6.76. The molecule has 0 aliphatic heterocycles. The summed E-state index contributed by atoms with van der Waals surface area (Å²) in [6.07, 6.45) is 2.63. The number of aliphatic imine (C=N–C) groups is 2. The first-order valence-corrected chi connectivity index (χ1v) is 6.23. The number of rotatable bonds is 7. The zero-order chi connectivity index (χ0) is 15.0. The van der Waals surface area contributed by atoms with Gasteiger partial charge in [-0.2, -0.15) is 0 Å². The molecule has 0 aromatic heterocycles. The van der Waals surface area contributed by atoms with Gasteiger partial charge in [-0.05, 0) is 30.3 Å². The van der Waals surface area contributed by atoms with E-state index in [0.29, 0.717) is 0 Å². The largest absolute Gasteiger partial charge is 0.375 e. The second-order valence-corrected chi connectivity index (χ2v) is 4.36. The van der Waals surface area contributed by atoms with Crippen LogP contribution < -0.4 is 5.73 Å². The monoisotopic (exact) mass is 277 g/mol. The first kappa shape index (κ1) is 16.2. The molecule has 0 bridgehead atoms. The highest BCUT2D eigenvalue weighted by Crippen LogP contribution is 2.22. The molecule has 0 aliphatic carbocycles. The molecule has 0 heterocycles. The highest BCUT2D eigenvalue weighted by atomic mass is 19.1. The minimum atomic E-state index is -0.661. The lowest BCUT2D eigenvalue weighted by molar-refractivity contribution is 0.0721. The van der Waals surface area contributed by atoms with Crippen molar-refractivity contribution in [3.05, 3.63) is 41.6 Å². The van der Waals surface area contributed by atoms with E-state index in [2.05, 4.69) is 16.7 Å². The fraction of sp³-hybridized carbons (Fsp3) is 0.333. The van der Waals surface area contributed by atoms with E-state index in [9.17, 15) is 4.39 Å². The summed E-state index contributed by atoms with van der Waals surface area (Å²) in [6.45, 7) is 4.63. The Morgan fingerprint density at radius 3 is 2.60 bits per heavy atom.